The Balaban J connectivity index is 1.44. The SMILES string of the molecule is O=C(NCC1CC1)c1ccc(-c2cc(=NC3CC3)n3nc/c(=C\c4[nH]c(=O)[nH]c4O)c3n2)s1. The van der Waals surface area contributed by atoms with Gasteiger partial charge in [-0.1, -0.05) is 0 Å². The third-order valence-corrected chi connectivity index (χ3v) is 6.81. The molecular formula is C22H21N7O3S. The topological polar surface area (TPSA) is 141 Å². The van der Waals surface area contributed by atoms with Crippen LogP contribution in [0, 0.1) is 5.92 Å². The van der Waals surface area contributed by atoms with E-state index in [9.17, 15) is 14.7 Å². The zero-order valence-electron chi connectivity index (χ0n) is 17.5. The van der Waals surface area contributed by atoms with Gasteiger partial charge in [-0.25, -0.2) is 9.78 Å². The molecular weight excluding hydrogens is 442 g/mol. The number of H-pyrrole nitrogens is 2. The summed E-state index contributed by atoms with van der Waals surface area (Å²) in [4.78, 5) is 39.9. The van der Waals surface area contributed by atoms with E-state index >= 15 is 0 Å². The lowest BCUT2D eigenvalue weighted by Gasteiger charge is -2.02. The summed E-state index contributed by atoms with van der Waals surface area (Å²) in [6, 6.07) is 5.87. The molecule has 4 aromatic heterocycles. The molecule has 0 unspecified atom stereocenters. The van der Waals surface area contributed by atoms with Crippen LogP contribution in [0.15, 0.2) is 34.2 Å². The van der Waals surface area contributed by atoms with Gasteiger partial charge in [-0.15, -0.1) is 11.3 Å². The predicted octanol–water partition coefficient (Wildman–Crippen LogP) is 0.930. The van der Waals surface area contributed by atoms with Gasteiger partial charge < -0.3 is 15.4 Å². The largest absolute Gasteiger partial charge is 0.493 e. The summed E-state index contributed by atoms with van der Waals surface area (Å²) >= 11 is 1.39. The maximum Gasteiger partial charge on any atom is 0.326 e. The summed E-state index contributed by atoms with van der Waals surface area (Å²) in [5.41, 5.74) is 1.65. The highest BCUT2D eigenvalue weighted by Crippen LogP contribution is 2.29. The van der Waals surface area contributed by atoms with Gasteiger partial charge in [-0.2, -0.15) is 9.61 Å². The number of carbonyl (C=O) groups is 1. The molecule has 2 aliphatic carbocycles. The van der Waals surface area contributed by atoms with Crippen molar-refractivity contribution >= 4 is 29.0 Å². The lowest BCUT2D eigenvalue weighted by atomic mass is 10.3. The number of aromatic amines is 2. The number of aromatic nitrogens is 5. The zero-order chi connectivity index (χ0) is 22.5. The van der Waals surface area contributed by atoms with Crippen molar-refractivity contribution in [2.24, 2.45) is 10.9 Å². The van der Waals surface area contributed by atoms with Gasteiger partial charge in [-0.05, 0) is 49.8 Å². The minimum atomic E-state index is -0.501. The molecule has 2 fully saturated rings. The van der Waals surface area contributed by atoms with E-state index in [1.807, 2.05) is 18.2 Å². The average Bonchev–Trinajstić information content (AvgIpc) is 3.68. The summed E-state index contributed by atoms with van der Waals surface area (Å²) < 4.78 is 1.66. The molecule has 1 amide bonds. The Kier molecular flexibility index (Phi) is 4.64. The Morgan fingerprint density at radius 3 is 2.88 bits per heavy atom. The summed E-state index contributed by atoms with van der Waals surface area (Å²) in [6.45, 7) is 0.726. The fourth-order valence-electron chi connectivity index (χ4n) is 3.57. The highest BCUT2D eigenvalue weighted by molar-refractivity contribution is 7.17. The smallest absolute Gasteiger partial charge is 0.326 e. The van der Waals surface area contributed by atoms with Gasteiger partial charge in [0.1, 0.15) is 5.69 Å². The summed E-state index contributed by atoms with van der Waals surface area (Å²) in [6.07, 6.45) is 7.69. The number of fused-ring (bicyclic) bond motifs is 1. The normalized spacial score (nSPS) is 17.2. The fourth-order valence-corrected chi connectivity index (χ4v) is 4.45. The van der Waals surface area contributed by atoms with Crippen LogP contribution in [0.2, 0.25) is 0 Å². The third kappa shape index (κ3) is 4.07. The standard InChI is InChI=1S/C22H21N7O3S/c30-20-15(27-22(32)28-20)7-12-10-24-29-18(25-13-3-4-13)8-14(26-19(12)29)16-5-6-17(33-16)21(31)23-9-11-1-2-11/h5-8,10-11,13,30H,1-4,9H2,(H,23,31)(H2,27,28,32)/b12-7+,25-18?. The van der Waals surface area contributed by atoms with Gasteiger partial charge in [0.25, 0.3) is 5.91 Å². The monoisotopic (exact) mass is 463 g/mol. The molecule has 6 rings (SSSR count). The van der Waals surface area contributed by atoms with Gasteiger partial charge in [0.2, 0.25) is 5.88 Å². The molecule has 0 radical (unpaired) electrons. The number of amides is 1. The van der Waals surface area contributed by atoms with Crippen LogP contribution in [0.1, 0.15) is 41.0 Å². The Morgan fingerprint density at radius 2 is 2.15 bits per heavy atom. The highest BCUT2D eigenvalue weighted by Gasteiger charge is 2.23. The molecule has 0 saturated heterocycles. The van der Waals surface area contributed by atoms with Crippen molar-refractivity contribution in [2.75, 3.05) is 6.54 Å². The Bertz CT molecular complexity index is 1550. The second kappa shape index (κ2) is 7.69. The number of hydrogen-bond donors (Lipinski definition) is 4. The number of imidazole rings is 1. The second-order valence-electron chi connectivity index (χ2n) is 8.50. The van der Waals surface area contributed by atoms with Crippen molar-refractivity contribution in [1.29, 1.82) is 0 Å². The maximum atomic E-state index is 12.5. The van der Waals surface area contributed by atoms with Crippen LogP contribution in [0.3, 0.4) is 0 Å². The summed E-state index contributed by atoms with van der Waals surface area (Å²) in [5.74, 6) is 0.306. The quantitative estimate of drug-likeness (QED) is 0.337. The van der Waals surface area contributed by atoms with Crippen LogP contribution in [0.25, 0.3) is 22.3 Å². The Morgan fingerprint density at radius 1 is 1.30 bits per heavy atom. The first-order valence-corrected chi connectivity index (χ1v) is 11.7. The van der Waals surface area contributed by atoms with E-state index in [1.165, 1.54) is 24.2 Å². The average molecular weight is 464 g/mol. The second-order valence-corrected chi connectivity index (χ2v) is 9.58. The highest BCUT2D eigenvalue weighted by atomic mass is 32.1. The van der Waals surface area contributed by atoms with E-state index in [2.05, 4.69) is 20.4 Å². The van der Waals surface area contributed by atoms with Crippen LogP contribution in [0.5, 0.6) is 5.88 Å². The first-order chi connectivity index (χ1) is 16.0. The van der Waals surface area contributed by atoms with E-state index in [-0.39, 0.29) is 23.5 Å². The van der Waals surface area contributed by atoms with Gasteiger partial charge >= 0.3 is 5.69 Å². The van der Waals surface area contributed by atoms with Crippen molar-refractivity contribution in [3.8, 4) is 16.5 Å². The molecule has 11 heteroatoms. The molecule has 4 N–H and O–H groups in total. The van der Waals surface area contributed by atoms with Crippen molar-refractivity contribution in [3.63, 3.8) is 0 Å². The van der Waals surface area contributed by atoms with Crippen LogP contribution >= 0.6 is 11.3 Å². The maximum absolute atomic E-state index is 12.5. The molecule has 4 aromatic rings. The predicted molar refractivity (Wildman–Crippen MR) is 122 cm³/mol. The van der Waals surface area contributed by atoms with Crippen molar-refractivity contribution < 1.29 is 9.90 Å². The Labute approximate surface area is 190 Å². The molecule has 0 aliphatic heterocycles. The van der Waals surface area contributed by atoms with Crippen LogP contribution in [-0.4, -0.2) is 48.2 Å². The molecule has 2 saturated carbocycles. The summed E-state index contributed by atoms with van der Waals surface area (Å²) in [5, 5.41) is 18.0. The first kappa shape index (κ1) is 19.9. The number of hydrogen-bond acceptors (Lipinski definition) is 7. The number of nitrogens with one attached hydrogen (secondary N) is 3. The Hall–Kier alpha value is -3.73. The molecule has 10 nitrogen and oxygen atoms in total. The van der Waals surface area contributed by atoms with Crippen LogP contribution in [-0.2, 0) is 0 Å². The van der Waals surface area contributed by atoms with Gasteiger partial charge in [0.15, 0.2) is 11.1 Å². The van der Waals surface area contributed by atoms with E-state index in [1.54, 1.807) is 16.8 Å². The van der Waals surface area contributed by atoms with Crippen LogP contribution in [0.4, 0.5) is 0 Å². The van der Waals surface area contributed by atoms with Gasteiger partial charge in [0.05, 0.1) is 27.7 Å². The zero-order valence-corrected chi connectivity index (χ0v) is 18.4. The lowest BCUT2D eigenvalue weighted by Crippen LogP contribution is -2.24. The fraction of sp³-hybridized carbons (Fsp3) is 0.318. The number of rotatable bonds is 6. The van der Waals surface area contributed by atoms with Gasteiger partial charge in [-0.3, -0.25) is 14.8 Å². The molecule has 0 atom stereocenters. The molecule has 2 aliphatic rings. The number of aromatic hydroxyl groups is 1. The summed E-state index contributed by atoms with van der Waals surface area (Å²) in [7, 11) is 0. The van der Waals surface area contributed by atoms with Crippen molar-refractivity contribution in [2.45, 2.75) is 31.7 Å². The number of carbonyl (C=O) groups excluding carboxylic acids is 1. The molecule has 0 bridgehead atoms. The molecule has 0 aromatic carbocycles. The van der Waals surface area contributed by atoms with Crippen molar-refractivity contribution in [1.82, 2.24) is 29.9 Å². The minimum Gasteiger partial charge on any atom is -0.493 e. The van der Waals surface area contributed by atoms with E-state index < -0.39 is 5.69 Å². The first-order valence-electron chi connectivity index (χ1n) is 10.9. The number of thiophene rings is 1. The van der Waals surface area contributed by atoms with Gasteiger partial charge in [0, 0.05) is 17.8 Å². The number of nitrogens with zero attached hydrogens (tertiary/aromatic N) is 4. The molecule has 4 heterocycles. The van der Waals surface area contributed by atoms with E-state index in [0.717, 1.165) is 24.3 Å². The molecule has 0 spiro atoms. The van der Waals surface area contributed by atoms with E-state index in [4.69, 9.17) is 9.98 Å². The molecule has 168 valence electrons. The third-order valence-electron chi connectivity index (χ3n) is 5.71. The van der Waals surface area contributed by atoms with Crippen LogP contribution < -0.4 is 21.7 Å². The van der Waals surface area contributed by atoms with Crippen molar-refractivity contribution in [3.05, 3.63) is 56.2 Å². The lowest BCUT2D eigenvalue weighted by molar-refractivity contribution is 0.0956. The minimum absolute atomic E-state index is 0.0626. The molecule has 33 heavy (non-hydrogen) atoms. The van der Waals surface area contributed by atoms with E-state index in [0.29, 0.717) is 32.8 Å².